The summed E-state index contributed by atoms with van der Waals surface area (Å²) in [5.74, 6) is 0.938. The quantitative estimate of drug-likeness (QED) is 0.634. The lowest BCUT2D eigenvalue weighted by Crippen LogP contribution is -2.36. The predicted octanol–water partition coefficient (Wildman–Crippen LogP) is 1.67. The maximum Gasteiger partial charge on any atom is 0.323 e. The number of aliphatic hydroxyl groups excluding tert-OH is 1. The summed E-state index contributed by atoms with van der Waals surface area (Å²) in [5.41, 5.74) is -0.261. The molecule has 0 radical (unpaired) electrons. The molecule has 0 saturated heterocycles. The third-order valence-electron chi connectivity index (χ3n) is 3.08. The molecule has 1 rings (SSSR count). The molecule has 1 aromatic heterocycles. The van der Waals surface area contributed by atoms with Crippen LogP contribution in [0.4, 0.5) is 11.9 Å². The largest absolute Gasteiger partial charge is 0.464 e. The fraction of sp³-hybridized carbons (Fsp3) is 0.769. The number of aliphatic hydroxyl groups is 1. The summed E-state index contributed by atoms with van der Waals surface area (Å²) in [6.45, 7) is 9.26. The van der Waals surface area contributed by atoms with E-state index in [0.29, 0.717) is 30.9 Å². The van der Waals surface area contributed by atoms with Crippen molar-refractivity contribution < 1.29 is 9.84 Å². The molecule has 1 atom stereocenters. The first kappa shape index (κ1) is 16.4. The third-order valence-corrected chi connectivity index (χ3v) is 3.08. The number of rotatable bonds is 9. The van der Waals surface area contributed by atoms with E-state index in [0.717, 1.165) is 13.0 Å². The lowest BCUT2D eigenvalue weighted by molar-refractivity contribution is 0.251. The Balaban J connectivity index is 2.96. The van der Waals surface area contributed by atoms with Gasteiger partial charge >= 0.3 is 6.01 Å². The van der Waals surface area contributed by atoms with Crippen LogP contribution >= 0.6 is 0 Å². The first-order chi connectivity index (χ1) is 9.56. The van der Waals surface area contributed by atoms with Gasteiger partial charge in [-0.2, -0.15) is 15.0 Å². The van der Waals surface area contributed by atoms with Crippen LogP contribution in [0.5, 0.6) is 6.01 Å². The van der Waals surface area contributed by atoms with Crippen LogP contribution in [0.3, 0.4) is 0 Å². The van der Waals surface area contributed by atoms with E-state index in [1.54, 1.807) is 0 Å². The van der Waals surface area contributed by atoms with Crippen molar-refractivity contribution in [1.29, 1.82) is 0 Å². The maximum absolute atomic E-state index is 9.16. The smallest absolute Gasteiger partial charge is 0.323 e. The topological polar surface area (TPSA) is 92.2 Å². The molecule has 0 aliphatic carbocycles. The van der Waals surface area contributed by atoms with E-state index in [1.165, 1.54) is 0 Å². The molecule has 1 aromatic rings. The molecular formula is C13H25N5O2. The van der Waals surface area contributed by atoms with E-state index >= 15 is 0 Å². The Hall–Kier alpha value is -1.63. The number of aromatic nitrogens is 3. The van der Waals surface area contributed by atoms with Crippen LogP contribution in [0, 0.1) is 0 Å². The standard InChI is InChI=1S/C13H25N5O2/c1-5-13(4,8-9-19)18-11-15-10(14-6-2)16-12(17-11)20-7-3/h19H,5-9H2,1-4H3,(H2,14,15,16,17,18). The van der Waals surface area contributed by atoms with Crippen molar-refractivity contribution in [2.45, 2.75) is 46.1 Å². The van der Waals surface area contributed by atoms with Gasteiger partial charge in [0.15, 0.2) is 0 Å². The molecule has 0 bridgehead atoms. The lowest BCUT2D eigenvalue weighted by atomic mass is 9.95. The summed E-state index contributed by atoms with van der Waals surface area (Å²) in [5, 5.41) is 15.5. The second kappa shape index (κ2) is 7.84. The van der Waals surface area contributed by atoms with Crippen LogP contribution in [0.2, 0.25) is 0 Å². The van der Waals surface area contributed by atoms with E-state index in [4.69, 9.17) is 9.84 Å². The van der Waals surface area contributed by atoms with Gasteiger partial charge in [-0.15, -0.1) is 0 Å². The molecule has 0 aliphatic rings. The number of anilines is 2. The highest BCUT2D eigenvalue weighted by atomic mass is 16.5. The Morgan fingerprint density at radius 3 is 2.40 bits per heavy atom. The Bertz CT molecular complexity index is 391. The van der Waals surface area contributed by atoms with Crippen LogP contribution in [0.15, 0.2) is 0 Å². The zero-order valence-electron chi connectivity index (χ0n) is 12.7. The highest BCUT2D eigenvalue weighted by molar-refractivity contribution is 5.37. The Kier molecular flexibility index (Phi) is 6.44. The molecule has 1 unspecified atom stereocenters. The third kappa shape index (κ3) is 4.80. The molecule has 3 N–H and O–H groups in total. The fourth-order valence-corrected chi connectivity index (χ4v) is 1.69. The van der Waals surface area contributed by atoms with Crippen molar-refractivity contribution in [3.05, 3.63) is 0 Å². The molecule has 1 heterocycles. The van der Waals surface area contributed by atoms with Crippen molar-refractivity contribution in [3.63, 3.8) is 0 Å². The van der Waals surface area contributed by atoms with Gasteiger partial charge in [-0.25, -0.2) is 0 Å². The molecule has 0 fully saturated rings. The normalized spacial score (nSPS) is 13.7. The molecule has 0 amide bonds. The minimum atomic E-state index is -0.261. The summed E-state index contributed by atoms with van der Waals surface area (Å²) in [4.78, 5) is 12.7. The van der Waals surface area contributed by atoms with Crippen LogP contribution in [0.25, 0.3) is 0 Å². The second-order valence-electron chi connectivity index (χ2n) is 4.74. The van der Waals surface area contributed by atoms with Crippen LogP contribution in [-0.4, -0.2) is 45.4 Å². The molecule has 7 heteroatoms. The second-order valence-corrected chi connectivity index (χ2v) is 4.74. The first-order valence-corrected chi connectivity index (χ1v) is 7.08. The number of nitrogens with zero attached hydrogens (tertiary/aromatic N) is 3. The molecule has 0 saturated carbocycles. The SMILES string of the molecule is CCNc1nc(NC(C)(CC)CCO)nc(OCC)n1. The molecule has 0 spiro atoms. The number of hydrogen-bond donors (Lipinski definition) is 3. The van der Waals surface area contributed by atoms with Gasteiger partial charge in [-0.05, 0) is 33.6 Å². The van der Waals surface area contributed by atoms with Gasteiger partial charge in [0.2, 0.25) is 11.9 Å². The van der Waals surface area contributed by atoms with Gasteiger partial charge in [0.05, 0.1) is 6.61 Å². The van der Waals surface area contributed by atoms with Crippen LogP contribution < -0.4 is 15.4 Å². The molecule has 0 aliphatic heterocycles. The predicted molar refractivity (Wildman–Crippen MR) is 79.2 cm³/mol. The summed E-state index contributed by atoms with van der Waals surface area (Å²) in [6, 6.07) is 0.295. The summed E-state index contributed by atoms with van der Waals surface area (Å²) in [7, 11) is 0. The maximum atomic E-state index is 9.16. The van der Waals surface area contributed by atoms with Gasteiger partial charge in [-0.1, -0.05) is 6.92 Å². The van der Waals surface area contributed by atoms with Crippen LogP contribution in [0.1, 0.15) is 40.5 Å². The first-order valence-electron chi connectivity index (χ1n) is 7.08. The molecular weight excluding hydrogens is 258 g/mol. The summed E-state index contributed by atoms with van der Waals surface area (Å²) < 4.78 is 5.35. The van der Waals surface area contributed by atoms with Gasteiger partial charge in [0.25, 0.3) is 0 Å². The highest BCUT2D eigenvalue weighted by Crippen LogP contribution is 2.21. The van der Waals surface area contributed by atoms with E-state index in [-0.39, 0.29) is 12.1 Å². The van der Waals surface area contributed by atoms with Gasteiger partial charge in [0.1, 0.15) is 0 Å². The Morgan fingerprint density at radius 2 is 1.85 bits per heavy atom. The Labute approximate surface area is 120 Å². The zero-order chi connectivity index (χ0) is 15.0. The van der Waals surface area contributed by atoms with Crippen molar-refractivity contribution in [1.82, 2.24) is 15.0 Å². The van der Waals surface area contributed by atoms with Crippen LogP contribution in [-0.2, 0) is 0 Å². The van der Waals surface area contributed by atoms with E-state index < -0.39 is 0 Å². The minimum Gasteiger partial charge on any atom is -0.464 e. The fourth-order valence-electron chi connectivity index (χ4n) is 1.69. The van der Waals surface area contributed by atoms with Crippen molar-refractivity contribution in [2.75, 3.05) is 30.4 Å². The van der Waals surface area contributed by atoms with Crippen molar-refractivity contribution in [2.24, 2.45) is 0 Å². The number of ether oxygens (including phenoxy) is 1. The molecule has 20 heavy (non-hydrogen) atoms. The molecule has 7 nitrogen and oxygen atoms in total. The summed E-state index contributed by atoms with van der Waals surface area (Å²) >= 11 is 0. The zero-order valence-corrected chi connectivity index (χ0v) is 12.7. The Morgan fingerprint density at radius 1 is 1.15 bits per heavy atom. The van der Waals surface area contributed by atoms with Crippen molar-refractivity contribution >= 4 is 11.9 Å². The molecule has 0 aromatic carbocycles. The number of hydrogen-bond acceptors (Lipinski definition) is 7. The number of nitrogens with one attached hydrogen (secondary N) is 2. The van der Waals surface area contributed by atoms with E-state index in [2.05, 4.69) is 32.5 Å². The monoisotopic (exact) mass is 283 g/mol. The van der Waals surface area contributed by atoms with Gasteiger partial charge in [0, 0.05) is 18.7 Å². The lowest BCUT2D eigenvalue weighted by Gasteiger charge is -2.29. The van der Waals surface area contributed by atoms with Gasteiger partial charge in [-0.3, -0.25) is 0 Å². The molecule has 114 valence electrons. The summed E-state index contributed by atoms with van der Waals surface area (Å²) in [6.07, 6.45) is 1.47. The van der Waals surface area contributed by atoms with Gasteiger partial charge < -0.3 is 20.5 Å². The average molecular weight is 283 g/mol. The van der Waals surface area contributed by atoms with E-state index in [1.807, 2.05) is 20.8 Å². The minimum absolute atomic E-state index is 0.112. The van der Waals surface area contributed by atoms with E-state index in [9.17, 15) is 0 Å². The average Bonchev–Trinajstić information content (AvgIpc) is 2.39. The highest BCUT2D eigenvalue weighted by Gasteiger charge is 2.23. The van der Waals surface area contributed by atoms with Crippen molar-refractivity contribution in [3.8, 4) is 6.01 Å².